The summed E-state index contributed by atoms with van der Waals surface area (Å²) in [4.78, 5) is 4.71. The topological polar surface area (TPSA) is 12.9 Å². The molecule has 2 rings (SSSR count). The van der Waals surface area contributed by atoms with Crippen LogP contribution < -0.4 is 0 Å². The predicted molar refractivity (Wildman–Crippen MR) is 68.8 cm³/mol. The zero-order chi connectivity index (χ0) is 11.7. The molecule has 0 aromatic carbocycles. The second-order valence-electron chi connectivity index (χ2n) is 5.83. The lowest BCUT2D eigenvalue weighted by molar-refractivity contribution is 0.491. The summed E-state index contributed by atoms with van der Waals surface area (Å²) < 4.78 is 0. The van der Waals surface area contributed by atoms with Gasteiger partial charge in [-0.25, -0.2) is 0 Å². The van der Waals surface area contributed by atoms with Crippen molar-refractivity contribution in [1.29, 1.82) is 0 Å². The molecular formula is C15H23N. The second-order valence-corrected chi connectivity index (χ2v) is 5.83. The predicted octanol–water partition coefficient (Wildman–Crippen LogP) is 4.28. The molecule has 1 aliphatic carbocycles. The molecule has 1 heteroatoms. The minimum atomic E-state index is 0.599. The Hall–Kier alpha value is -0.850. The van der Waals surface area contributed by atoms with Crippen LogP contribution in [0.15, 0.2) is 12.3 Å². The van der Waals surface area contributed by atoms with Gasteiger partial charge in [-0.2, -0.15) is 0 Å². The summed E-state index contributed by atoms with van der Waals surface area (Å²) in [5, 5.41) is 0. The Labute approximate surface area is 99.3 Å². The molecule has 16 heavy (non-hydrogen) atoms. The fraction of sp³-hybridized carbons (Fsp3) is 0.667. The molecular weight excluding hydrogens is 194 g/mol. The monoisotopic (exact) mass is 217 g/mol. The van der Waals surface area contributed by atoms with Crippen LogP contribution in [0.2, 0.25) is 0 Å². The van der Waals surface area contributed by atoms with Crippen molar-refractivity contribution in [2.24, 2.45) is 5.92 Å². The Bertz CT molecular complexity index is 366. The van der Waals surface area contributed by atoms with E-state index >= 15 is 0 Å². The molecule has 0 amide bonds. The van der Waals surface area contributed by atoms with E-state index in [1.807, 2.05) is 0 Å². The SMILES string of the molecule is CC(C)CC1CCc2cc(C(C)C)cnc21. The van der Waals surface area contributed by atoms with Gasteiger partial charge in [0.1, 0.15) is 0 Å². The van der Waals surface area contributed by atoms with E-state index in [9.17, 15) is 0 Å². The number of aryl methyl sites for hydroxylation is 1. The van der Waals surface area contributed by atoms with Crippen molar-refractivity contribution in [1.82, 2.24) is 4.98 Å². The van der Waals surface area contributed by atoms with Gasteiger partial charge in [-0.1, -0.05) is 33.8 Å². The van der Waals surface area contributed by atoms with Gasteiger partial charge in [0, 0.05) is 17.8 Å². The molecule has 1 unspecified atom stereocenters. The number of pyridine rings is 1. The molecule has 0 aliphatic heterocycles. The molecule has 1 heterocycles. The summed E-state index contributed by atoms with van der Waals surface area (Å²) in [6.07, 6.45) is 5.92. The molecule has 0 radical (unpaired) electrons. The molecule has 0 bridgehead atoms. The standard InChI is InChI=1S/C15H23N/c1-10(2)7-12-5-6-13-8-14(11(3)4)9-16-15(12)13/h8-12H,5-7H2,1-4H3. The number of hydrogen-bond donors (Lipinski definition) is 0. The second kappa shape index (κ2) is 4.57. The summed E-state index contributed by atoms with van der Waals surface area (Å²) in [6, 6.07) is 2.38. The first-order valence-electron chi connectivity index (χ1n) is 6.56. The molecule has 1 aliphatic rings. The third-order valence-corrected chi connectivity index (χ3v) is 3.59. The fourth-order valence-electron chi connectivity index (χ4n) is 2.69. The third-order valence-electron chi connectivity index (χ3n) is 3.59. The fourth-order valence-corrected chi connectivity index (χ4v) is 2.69. The highest BCUT2D eigenvalue weighted by Gasteiger charge is 2.24. The molecule has 0 N–H and O–H groups in total. The number of aromatic nitrogens is 1. The van der Waals surface area contributed by atoms with Gasteiger partial charge in [-0.15, -0.1) is 0 Å². The largest absolute Gasteiger partial charge is 0.260 e. The Morgan fingerprint density at radius 1 is 1.31 bits per heavy atom. The zero-order valence-corrected chi connectivity index (χ0v) is 11.0. The Kier molecular flexibility index (Phi) is 3.32. The van der Waals surface area contributed by atoms with Crippen molar-refractivity contribution >= 4 is 0 Å². The first kappa shape index (κ1) is 11.6. The van der Waals surface area contributed by atoms with E-state index in [-0.39, 0.29) is 0 Å². The molecule has 0 saturated carbocycles. The molecule has 1 nitrogen and oxygen atoms in total. The van der Waals surface area contributed by atoms with Gasteiger partial charge >= 0.3 is 0 Å². The summed E-state index contributed by atoms with van der Waals surface area (Å²) in [7, 11) is 0. The maximum Gasteiger partial charge on any atom is 0.0466 e. The van der Waals surface area contributed by atoms with Crippen LogP contribution in [-0.4, -0.2) is 4.98 Å². The highest BCUT2D eigenvalue weighted by atomic mass is 14.7. The number of hydrogen-bond acceptors (Lipinski definition) is 1. The van der Waals surface area contributed by atoms with Gasteiger partial charge in [-0.3, -0.25) is 4.98 Å². The van der Waals surface area contributed by atoms with Crippen LogP contribution in [0.1, 0.15) is 69.2 Å². The maximum absolute atomic E-state index is 4.71. The van der Waals surface area contributed by atoms with Crippen molar-refractivity contribution in [3.63, 3.8) is 0 Å². The number of fused-ring (bicyclic) bond motifs is 1. The minimum absolute atomic E-state index is 0.599. The Balaban J connectivity index is 2.22. The van der Waals surface area contributed by atoms with Crippen molar-refractivity contribution in [3.8, 4) is 0 Å². The van der Waals surface area contributed by atoms with Crippen LogP contribution in [0.3, 0.4) is 0 Å². The van der Waals surface area contributed by atoms with Crippen LogP contribution in [-0.2, 0) is 6.42 Å². The van der Waals surface area contributed by atoms with E-state index in [1.54, 1.807) is 0 Å². The van der Waals surface area contributed by atoms with E-state index in [0.717, 1.165) is 11.8 Å². The van der Waals surface area contributed by atoms with Crippen molar-refractivity contribution in [2.45, 2.75) is 58.8 Å². The van der Waals surface area contributed by atoms with Crippen LogP contribution in [0, 0.1) is 5.92 Å². The van der Waals surface area contributed by atoms with E-state index in [0.29, 0.717) is 5.92 Å². The van der Waals surface area contributed by atoms with E-state index in [1.165, 1.54) is 36.1 Å². The quantitative estimate of drug-likeness (QED) is 0.736. The molecule has 88 valence electrons. The van der Waals surface area contributed by atoms with Crippen LogP contribution in [0.5, 0.6) is 0 Å². The van der Waals surface area contributed by atoms with Crippen molar-refractivity contribution in [2.75, 3.05) is 0 Å². The molecule has 0 saturated heterocycles. The lowest BCUT2D eigenvalue weighted by Gasteiger charge is -2.14. The van der Waals surface area contributed by atoms with Gasteiger partial charge in [0.15, 0.2) is 0 Å². The summed E-state index contributed by atoms with van der Waals surface area (Å²) >= 11 is 0. The minimum Gasteiger partial charge on any atom is -0.260 e. The Morgan fingerprint density at radius 3 is 2.69 bits per heavy atom. The summed E-state index contributed by atoms with van der Waals surface area (Å²) in [5.41, 5.74) is 4.29. The van der Waals surface area contributed by atoms with Crippen molar-refractivity contribution < 1.29 is 0 Å². The van der Waals surface area contributed by atoms with Gasteiger partial charge in [0.25, 0.3) is 0 Å². The maximum atomic E-state index is 4.71. The average molecular weight is 217 g/mol. The highest BCUT2D eigenvalue weighted by Crippen LogP contribution is 2.36. The van der Waals surface area contributed by atoms with Crippen LogP contribution in [0.4, 0.5) is 0 Å². The van der Waals surface area contributed by atoms with Crippen LogP contribution >= 0.6 is 0 Å². The molecule has 1 aromatic heterocycles. The number of rotatable bonds is 3. The molecule has 0 fully saturated rings. The lowest BCUT2D eigenvalue weighted by atomic mass is 9.94. The third kappa shape index (κ3) is 2.28. The Morgan fingerprint density at radius 2 is 2.06 bits per heavy atom. The van der Waals surface area contributed by atoms with Gasteiger partial charge in [0.2, 0.25) is 0 Å². The molecule has 1 aromatic rings. The van der Waals surface area contributed by atoms with E-state index < -0.39 is 0 Å². The first-order valence-corrected chi connectivity index (χ1v) is 6.56. The van der Waals surface area contributed by atoms with Gasteiger partial charge in [-0.05, 0) is 42.2 Å². The average Bonchev–Trinajstić information content (AvgIpc) is 2.60. The summed E-state index contributed by atoms with van der Waals surface area (Å²) in [6.45, 7) is 9.09. The lowest BCUT2D eigenvalue weighted by Crippen LogP contribution is -2.02. The summed E-state index contributed by atoms with van der Waals surface area (Å²) in [5.74, 6) is 2.10. The number of nitrogens with zero attached hydrogens (tertiary/aromatic N) is 1. The highest BCUT2D eigenvalue weighted by molar-refractivity contribution is 5.33. The normalized spacial score (nSPS) is 19.5. The van der Waals surface area contributed by atoms with Gasteiger partial charge in [0.05, 0.1) is 0 Å². The smallest absolute Gasteiger partial charge is 0.0466 e. The van der Waals surface area contributed by atoms with E-state index in [2.05, 4.69) is 40.0 Å². The van der Waals surface area contributed by atoms with Crippen molar-refractivity contribution in [3.05, 3.63) is 29.1 Å². The first-order chi connectivity index (χ1) is 7.58. The van der Waals surface area contributed by atoms with E-state index in [4.69, 9.17) is 4.98 Å². The molecule has 0 spiro atoms. The zero-order valence-electron chi connectivity index (χ0n) is 11.0. The molecule has 1 atom stereocenters. The van der Waals surface area contributed by atoms with Crippen LogP contribution in [0.25, 0.3) is 0 Å². The van der Waals surface area contributed by atoms with Gasteiger partial charge < -0.3 is 0 Å².